The largest absolute Gasteiger partial charge is 0.377 e. The van der Waals surface area contributed by atoms with Gasteiger partial charge < -0.3 is 5.11 Å². The number of aliphatic hydroxyl groups is 1. The van der Waals surface area contributed by atoms with Crippen molar-refractivity contribution >= 4 is 5.78 Å². The van der Waals surface area contributed by atoms with Crippen molar-refractivity contribution in [2.75, 3.05) is 0 Å². The molecule has 0 aliphatic heterocycles. The van der Waals surface area contributed by atoms with E-state index in [1.54, 1.807) is 0 Å². The average molecular weight is 390 g/mol. The first-order valence-corrected chi connectivity index (χ1v) is 11.4. The molecule has 7 atom stereocenters. The molecule has 2 aromatic heterocycles. The fourth-order valence-corrected chi connectivity index (χ4v) is 8.29. The molecule has 3 fully saturated rings. The first-order chi connectivity index (χ1) is 13.9. The summed E-state index contributed by atoms with van der Waals surface area (Å²) in [4.78, 5) is 9.28. The third kappa shape index (κ3) is 2.15. The Morgan fingerprint density at radius 1 is 1.17 bits per heavy atom. The molecular formula is C25H31N3O. The first kappa shape index (κ1) is 18.0. The van der Waals surface area contributed by atoms with Crippen molar-refractivity contribution in [3.8, 4) is 12.3 Å². The van der Waals surface area contributed by atoms with Gasteiger partial charge in [0.05, 0.1) is 0 Å². The van der Waals surface area contributed by atoms with Crippen molar-refractivity contribution in [1.82, 2.24) is 14.4 Å². The summed E-state index contributed by atoms with van der Waals surface area (Å²) in [6.45, 7) is 4.84. The summed E-state index contributed by atoms with van der Waals surface area (Å²) < 4.78 is 2.07. The second kappa shape index (κ2) is 5.64. The van der Waals surface area contributed by atoms with Gasteiger partial charge in [-0.05, 0) is 86.0 Å². The summed E-state index contributed by atoms with van der Waals surface area (Å²) in [6.07, 6.45) is 20.9. The molecule has 2 aromatic rings. The van der Waals surface area contributed by atoms with Gasteiger partial charge in [-0.25, -0.2) is 9.97 Å². The predicted octanol–water partition coefficient (Wildman–Crippen LogP) is 4.05. The second-order valence-electron chi connectivity index (χ2n) is 10.9. The van der Waals surface area contributed by atoms with Crippen LogP contribution in [-0.4, -0.2) is 25.1 Å². The van der Waals surface area contributed by atoms with Crippen molar-refractivity contribution < 1.29 is 5.11 Å². The summed E-state index contributed by atoms with van der Waals surface area (Å²) in [7, 11) is 0. The molecule has 1 N–H and O–H groups in total. The van der Waals surface area contributed by atoms with E-state index in [9.17, 15) is 5.11 Å². The Bertz CT molecular complexity index is 1040. The van der Waals surface area contributed by atoms with Gasteiger partial charge >= 0.3 is 0 Å². The molecule has 3 saturated carbocycles. The van der Waals surface area contributed by atoms with Gasteiger partial charge in [-0.2, -0.15) is 0 Å². The van der Waals surface area contributed by atoms with E-state index in [-0.39, 0.29) is 5.41 Å². The molecule has 29 heavy (non-hydrogen) atoms. The minimum Gasteiger partial charge on any atom is -0.377 e. The van der Waals surface area contributed by atoms with Crippen LogP contribution >= 0.6 is 0 Å². The van der Waals surface area contributed by atoms with E-state index < -0.39 is 5.60 Å². The Balaban J connectivity index is 1.37. The van der Waals surface area contributed by atoms with Gasteiger partial charge in [0.2, 0.25) is 5.78 Å². The zero-order valence-corrected chi connectivity index (χ0v) is 17.6. The van der Waals surface area contributed by atoms with Crippen molar-refractivity contribution in [2.24, 2.45) is 34.5 Å². The summed E-state index contributed by atoms with van der Waals surface area (Å²) >= 11 is 0. The maximum atomic E-state index is 11.2. The van der Waals surface area contributed by atoms with E-state index in [4.69, 9.17) is 11.4 Å². The standard InChI is InChI=1S/C25H31N3O/c1-4-25(29)10-8-20-18-6-5-17-13-21-16(15-28-12-11-26-22(28)27-21)14-23(17,2)19(18)7-9-24(20,25)3/h1,11-12,15,17-20,29H,5-10,13-14H2,2-3H3/t17-,18+,19-,20-,23-,24-,25-/m0/s1. The number of hydrogen-bond donors (Lipinski definition) is 1. The monoisotopic (exact) mass is 389 g/mol. The number of fused-ring (bicyclic) bond motifs is 7. The van der Waals surface area contributed by atoms with Crippen molar-refractivity contribution in [3.05, 3.63) is 29.8 Å². The molecule has 0 bridgehead atoms. The molecule has 0 spiro atoms. The summed E-state index contributed by atoms with van der Waals surface area (Å²) in [5, 5.41) is 11.2. The predicted molar refractivity (Wildman–Crippen MR) is 112 cm³/mol. The van der Waals surface area contributed by atoms with Crippen LogP contribution in [0.3, 0.4) is 0 Å². The van der Waals surface area contributed by atoms with Crippen molar-refractivity contribution in [3.63, 3.8) is 0 Å². The summed E-state index contributed by atoms with van der Waals surface area (Å²) in [6, 6.07) is 0. The lowest BCUT2D eigenvalue weighted by molar-refractivity contribution is -0.127. The number of imidazole rings is 1. The van der Waals surface area contributed by atoms with E-state index in [0.29, 0.717) is 23.2 Å². The van der Waals surface area contributed by atoms with Crippen molar-refractivity contribution in [2.45, 2.75) is 70.8 Å². The molecular weight excluding hydrogens is 358 g/mol. The van der Waals surface area contributed by atoms with Gasteiger partial charge in [0, 0.05) is 29.7 Å². The molecule has 0 saturated heterocycles. The van der Waals surface area contributed by atoms with Crippen LogP contribution in [0.2, 0.25) is 0 Å². The van der Waals surface area contributed by atoms with E-state index in [1.807, 2.05) is 12.4 Å². The number of hydrogen-bond acceptors (Lipinski definition) is 3. The highest BCUT2D eigenvalue weighted by molar-refractivity contribution is 5.36. The van der Waals surface area contributed by atoms with E-state index in [1.165, 1.54) is 30.5 Å². The van der Waals surface area contributed by atoms with Gasteiger partial charge in [-0.15, -0.1) is 6.42 Å². The highest BCUT2D eigenvalue weighted by atomic mass is 16.3. The lowest BCUT2D eigenvalue weighted by atomic mass is 9.44. The summed E-state index contributed by atoms with van der Waals surface area (Å²) in [5.74, 6) is 6.33. The van der Waals surface area contributed by atoms with Crippen LogP contribution in [0.5, 0.6) is 0 Å². The van der Waals surface area contributed by atoms with Crippen LogP contribution in [0.4, 0.5) is 0 Å². The maximum absolute atomic E-state index is 11.2. The average Bonchev–Trinajstić information content (AvgIpc) is 3.26. The topological polar surface area (TPSA) is 50.4 Å². The molecule has 152 valence electrons. The Morgan fingerprint density at radius 2 is 2.00 bits per heavy atom. The molecule has 0 aromatic carbocycles. The SMILES string of the molecule is C#C[C@]1(O)CC[C@H]2[C@@H]3CC[C@H]4Cc5nc6nccn6cc5C[C@]4(C)[C@H]3CC[C@@]21C. The molecule has 4 heteroatoms. The Hall–Kier alpha value is -1.86. The Labute approximate surface area is 173 Å². The molecule has 0 unspecified atom stereocenters. The first-order valence-electron chi connectivity index (χ1n) is 11.4. The zero-order valence-electron chi connectivity index (χ0n) is 17.6. The van der Waals surface area contributed by atoms with Gasteiger partial charge in [0.25, 0.3) is 0 Å². The van der Waals surface area contributed by atoms with Gasteiger partial charge in [-0.1, -0.05) is 19.8 Å². The lowest BCUT2D eigenvalue weighted by Crippen LogP contribution is -2.56. The minimum atomic E-state index is -0.906. The van der Waals surface area contributed by atoms with Crippen molar-refractivity contribution in [1.29, 1.82) is 0 Å². The smallest absolute Gasteiger partial charge is 0.233 e. The summed E-state index contributed by atoms with van der Waals surface area (Å²) in [5.41, 5.74) is 1.99. The highest BCUT2D eigenvalue weighted by Gasteiger charge is 2.64. The maximum Gasteiger partial charge on any atom is 0.233 e. The van der Waals surface area contributed by atoms with Gasteiger partial charge in [0.15, 0.2) is 0 Å². The van der Waals surface area contributed by atoms with Gasteiger partial charge in [-0.3, -0.25) is 4.40 Å². The van der Waals surface area contributed by atoms with Crippen LogP contribution in [-0.2, 0) is 12.8 Å². The van der Waals surface area contributed by atoms with E-state index in [0.717, 1.165) is 43.8 Å². The lowest BCUT2D eigenvalue weighted by Gasteiger charge is -2.60. The van der Waals surface area contributed by atoms with Crippen LogP contribution < -0.4 is 0 Å². The number of aromatic nitrogens is 3. The van der Waals surface area contributed by atoms with Crippen LogP contribution in [0.15, 0.2) is 18.6 Å². The third-order valence-corrected chi connectivity index (χ3v) is 10.0. The van der Waals surface area contributed by atoms with Gasteiger partial charge in [0.1, 0.15) is 5.60 Å². The number of terminal acetylenes is 1. The minimum absolute atomic E-state index is 0.108. The second-order valence-corrected chi connectivity index (χ2v) is 10.9. The number of nitrogens with zero attached hydrogens (tertiary/aromatic N) is 3. The van der Waals surface area contributed by atoms with E-state index in [2.05, 4.69) is 35.3 Å². The molecule has 0 radical (unpaired) electrons. The quantitative estimate of drug-likeness (QED) is 0.692. The van der Waals surface area contributed by atoms with Crippen LogP contribution in [0, 0.1) is 46.8 Å². The van der Waals surface area contributed by atoms with Crippen LogP contribution in [0.25, 0.3) is 5.78 Å². The normalized spacial score (nSPS) is 45.7. The highest BCUT2D eigenvalue weighted by Crippen LogP contribution is 2.67. The molecule has 0 amide bonds. The number of rotatable bonds is 0. The molecule has 2 heterocycles. The molecule has 6 rings (SSSR count). The fourth-order valence-electron chi connectivity index (χ4n) is 8.29. The Kier molecular flexibility index (Phi) is 3.49. The zero-order chi connectivity index (χ0) is 20.0. The molecule has 4 aliphatic rings. The fraction of sp³-hybridized carbons (Fsp3) is 0.680. The molecule has 4 aliphatic carbocycles. The van der Waals surface area contributed by atoms with E-state index >= 15 is 0 Å². The Morgan fingerprint density at radius 3 is 2.83 bits per heavy atom. The third-order valence-electron chi connectivity index (χ3n) is 10.0. The molecule has 4 nitrogen and oxygen atoms in total. The van der Waals surface area contributed by atoms with Crippen LogP contribution in [0.1, 0.15) is 63.6 Å².